The lowest BCUT2D eigenvalue weighted by atomic mass is 10.1. The van der Waals surface area contributed by atoms with Gasteiger partial charge in [-0.2, -0.15) is 4.36 Å². The zero-order valence-electron chi connectivity index (χ0n) is 19.0. The topological polar surface area (TPSA) is 87.1 Å². The molecular formula is C25H24N2O5S. The Morgan fingerprint density at radius 2 is 1.70 bits per heavy atom. The minimum atomic E-state index is -3.03. The smallest absolute Gasteiger partial charge is 0.286 e. The molecule has 2 aromatic carbocycles. The Kier molecular flexibility index (Phi) is 7.36. The molecule has 0 fully saturated rings. The van der Waals surface area contributed by atoms with Crippen molar-refractivity contribution in [2.45, 2.75) is 11.8 Å². The van der Waals surface area contributed by atoms with Gasteiger partial charge in [-0.15, -0.1) is 0 Å². The monoisotopic (exact) mass is 464 g/mol. The van der Waals surface area contributed by atoms with Crippen LogP contribution in [0, 0.1) is 18.8 Å². The van der Waals surface area contributed by atoms with Crippen LogP contribution in [0.4, 0.5) is 0 Å². The number of aryl methyl sites for hydroxylation is 1. The molecule has 0 aliphatic heterocycles. The van der Waals surface area contributed by atoms with Crippen molar-refractivity contribution in [3.63, 3.8) is 0 Å². The van der Waals surface area contributed by atoms with E-state index >= 15 is 0 Å². The number of benzene rings is 2. The summed E-state index contributed by atoms with van der Waals surface area (Å²) in [7, 11) is 1.57. The summed E-state index contributed by atoms with van der Waals surface area (Å²) in [4.78, 5) is 17.2. The van der Waals surface area contributed by atoms with E-state index in [2.05, 4.69) is 21.2 Å². The number of amides is 1. The van der Waals surface area contributed by atoms with E-state index in [1.807, 2.05) is 25.1 Å². The molecule has 1 heterocycles. The maximum Gasteiger partial charge on any atom is 0.286 e. The van der Waals surface area contributed by atoms with Crippen molar-refractivity contribution in [3.8, 4) is 29.1 Å². The highest BCUT2D eigenvalue weighted by atomic mass is 32.2. The highest BCUT2D eigenvalue weighted by Crippen LogP contribution is 2.30. The Balaban J connectivity index is 1.90. The largest absolute Gasteiger partial charge is 0.497 e. The second kappa shape index (κ2) is 10.2. The third kappa shape index (κ3) is 5.70. The Morgan fingerprint density at radius 1 is 0.939 bits per heavy atom. The lowest BCUT2D eigenvalue weighted by Gasteiger charge is -2.10. The van der Waals surface area contributed by atoms with Gasteiger partial charge in [-0.25, -0.2) is 4.21 Å². The molecular weight excluding hydrogens is 440 g/mol. The van der Waals surface area contributed by atoms with Crippen LogP contribution in [0.1, 0.15) is 27.0 Å². The van der Waals surface area contributed by atoms with Crippen LogP contribution >= 0.6 is 0 Å². The second-order valence-electron chi connectivity index (χ2n) is 7.11. The summed E-state index contributed by atoms with van der Waals surface area (Å²) < 4.78 is 32.8. The molecule has 0 saturated carbocycles. The predicted octanol–water partition coefficient (Wildman–Crippen LogP) is 4.11. The Morgan fingerprint density at radius 3 is 2.36 bits per heavy atom. The van der Waals surface area contributed by atoms with Gasteiger partial charge in [0.05, 0.1) is 41.5 Å². The van der Waals surface area contributed by atoms with Crippen LogP contribution in [0.25, 0.3) is 0 Å². The Bertz CT molecular complexity index is 1380. The van der Waals surface area contributed by atoms with E-state index in [0.717, 1.165) is 16.9 Å². The van der Waals surface area contributed by atoms with E-state index in [1.54, 1.807) is 37.6 Å². The number of methoxy groups -OCH3 is 3. The lowest BCUT2D eigenvalue weighted by Crippen LogP contribution is -2.05. The minimum absolute atomic E-state index is 0.198. The van der Waals surface area contributed by atoms with E-state index in [4.69, 9.17) is 14.2 Å². The summed E-state index contributed by atoms with van der Waals surface area (Å²) in [5.74, 6) is 7.09. The third-order valence-electron chi connectivity index (χ3n) is 4.81. The number of aromatic nitrogens is 1. The van der Waals surface area contributed by atoms with E-state index in [0.29, 0.717) is 22.0 Å². The molecule has 0 radical (unpaired) electrons. The molecule has 3 rings (SSSR count). The van der Waals surface area contributed by atoms with Crippen LogP contribution in [0.3, 0.4) is 0 Å². The van der Waals surface area contributed by atoms with Gasteiger partial charge in [0, 0.05) is 35.8 Å². The molecule has 1 aromatic heterocycles. The summed E-state index contributed by atoms with van der Waals surface area (Å²) >= 11 is 0. The molecule has 170 valence electrons. The fourth-order valence-electron chi connectivity index (χ4n) is 2.98. The number of rotatable bonds is 5. The summed E-state index contributed by atoms with van der Waals surface area (Å²) in [5.41, 5.74) is 2.54. The van der Waals surface area contributed by atoms with E-state index in [9.17, 15) is 9.00 Å². The highest BCUT2D eigenvalue weighted by Gasteiger charge is 2.15. The van der Waals surface area contributed by atoms with E-state index < -0.39 is 15.6 Å². The van der Waals surface area contributed by atoms with E-state index in [1.165, 1.54) is 26.7 Å². The molecule has 33 heavy (non-hydrogen) atoms. The molecule has 0 aliphatic rings. The van der Waals surface area contributed by atoms with Crippen molar-refractivity contribution in [2.75, 3.05) is 27.6 Å². The van der Waals surface area contributed by atoms with Gasteiger partial charge in [-0.05, 0) is 48.9 Å². The first-order chi connectivity index (χ1) is 15.8. The zero-order chi connectivity index (χ0) is 24.0. The lowest BCUT2D eigenvalue weighted by molar-refractivity contribution is 0.100. The summed E-state index contributed by atoms with van der Waals surface area (Å²) in [6.07, 6.45) is 4.33. The van der Waals surface area contributed by atoms with Gasteiger partial charge in [-0.1, -0.05) is 11.8 Å². The van der Waals surface area contributed by atoms with E-state index in [-0.39, 0.29) is 5.56 Å². The van der Waals surface area contributed by atoms with Crippen LogP contribution in [0.15, 0.2) is 64.1 Å². The summed E-state index contributed by atoms with van der Waals surface area (Å²) in [6, 6.07) is 11.9. The highest BCUT2D eigenvalue weighted by molar-refractivity contribution is 7.93. The first-order valence-electron chi connectivity index (χ1n) is 9.87. The van der Waals surface area contributed by atoms with Gasteiger partial charge < -0.3 is 14.2 Å². The summed E-state index contributed by atoms with van der Waals surface area (Å²) in [6.45, 7) is 1.94. The van der Waals surface area contributed by atoms with Crippen LogP contribution in [0.2, 0.25) is 0 Å². The number of nitrogens with zero attached hydrogens (tertiary/aromatic N) is 2. The minimum Gasteiger partial charge on any atom is -0.497 e. The van der Waals surface area contributed by atoms with Gasteiger partial charge in [0.1, 0.15) is 5.75 Å². The predicted molar refractivity (Wildman–Crippen MR) is 127 cm³/mol. The van der Waals surface area contributed by atoms with Crippen molar-refractivity contribution in [2.24, 2.45) is 4.36 Å². The van der Waals surface area contributed by atoms with Crippen LogP contribution in [-0.2, 0) is 9.73 Å². The molecule has 1 unspecified atom stereocenters. The Hall–Kier alpha value is -3.83. The first kappa shape index (κ1) is 23.8. The number of carbonyl (C=O) groups is 1. The molecule has 8 heteroatoms. The molecule has 1 amide bonds. The van der Waals surface area contributed by atoms with Crippen molar-refractivity contribution in [3.05, 3.63) is 77.1 Å². The number of carbonyl (C=O) groups excluding carboxylic acids is 1. The molecule has 0 N–H and O–H groups in total. The molecule has 0 bridgehead atoms. The van der Waals surface area contributed by atoms with Crippen molar-refractivity contribution in [1.29, 1.82) is 0 Å². The van der Waals surface area contributed by atoms with Crippen molar-refractivity contribution >= 4 is 15.6 Å². The number of hydrogen-bond donors (Lipinski definition) is 0. The second-order valence-corrected chi connectivity index (χ2v) is 9.37. The number of hydrogen-bond acceptors (Lipinski definition) is 6. The number of pyridine rings is 1. The average Bonchev–Trinajstić information content (AvgIpc) is 2.82. The quantitative estimate of drug-likeness (QED) is 0.528. The molecule has 0 spiro atoms. The Labute approximate surface area is 193 Å². The molecule has 7 nitrogen and oxygen atoms in total. The van der Waals surface area contributed by atoms with Gasteiger partial charge in [-0.3, -0.25) is 9.78 Å². The maximum absolute atomic E-state index is 13.2. The first-order valence-corrected chi connectivity index (χ1v) is 11.8. The standard InChI is InChI=1S/C25H24N2O5S/c1-17-12-21(30-2)9-8-19(17)7-6-18-13-20(16-26-15-18)25(28)27-33(5,29)22-10-11-23(31-3)24(14-22)32-4/h8-16H,1-5H3. The molecule has 0 aliphatic carbocycles. The van der Waals surface area contributed by atoms with Crippen LogP contribution in [-0.4, -0.2) is 42.7 Å². The molecule has 3 aromatic rings. The van der Waals surface area contributed by atoms with Gasteiger partial charge >= 0.3 is 0 Å². The van der Waals surface area contributed by atoms with Crippen LogP contribution < -0.4 is 14.2 Å². The SMILES string of the molecule is COc1ccc(C#Cc2cncc(C(=O)N=S(C)(=O)c3ccc(OC)c(OC)c3)c2)c(C)c1. The summed E-state index contributed by atoms with van der Waals surface area (Å²) in [5, 5.41) is 0. The van der Waals surface area contributed by atoms with Gasteiger partial charge in [0.25, 0.3) is 5.91 Å². The van der Waals surface area contributed by atoms with Crippen molar-refractivity contribution < 1.29 is 23.2 Å². The normalized spacial score (nSPS) is 12.0. The zero-order valence-corrected chi connectivity index (χ0v) is 19.9. The fraction of sp³-hybridized carbons (Fsp3) is 0.200. The average molecular weight is 465 g/mol. The number of ether oxygens (including phenoxy) is 3. The molecule has 0 saturated heterocycles. The van der Waals surface area contributed by atoms with Gasteiger partial charge in [0.15, 0.2) is 11.5 Å². The third-order valence-corrected chi connectivity index (χ3v) is 6.45. The fourth-order valence-corrected chi connectivity index (χ4v) is 4.16. The van der Waals surface area contributed by atoms with Crippen LogP contribution in [0.5, 0.6) is 17.2 Å². The van der Waals surface area contributed by atoms with Crippen molar-refractivity contribution in [1.82, 2.24) is 4.98 Å². The van der Waals surface area contributed by atoms with Gasteiger partial charge in [0.2, 0.25) is 0 Å². The maximum atomic E-state index is 13.2. The molecule has 1 atom stereocenters.